The van der Waals surface area contributed by atoms with E-state index in [1.807, 2.05) is 6.92 Å². The number of hydrogen-bond donors (Lipinski definition) is 1. The van der Waals surface area contributed by atoms with Gasteiger partial charge in [-0.25, -0.2) is 4.79 Å². The van der Waals surface area contributed by atoms with Gasteiger partial charge in [0.15, 0.2) is 4.34 Å². The minimum absolute atomic E-state index is 0.0374. The van der Waals surface area contributed by atoms with Gasteiger partial charge in [-0.2, -0.15) is 0 Å². The smallest absolute Gasteiger partial charge is 0.373 e. The summed E-state index contributed by atoms with van der Waals surface area (Å²) in [5, 5.41) is 12.3. The van der Waals surface area contributed by atoms with Crippen LogP contribution in [0.25, 0.3) is 0 Å². The van der Waals surface area contributed by atoms with Crippen LogP contribution in [0.4, 0.5) is 5.13 Å². The summed E-state index contributed by atoms with van der Waals surface area (Å²) in [4.78, 5) is 11.4. The third kappa shape index (κ3) is 4.21. The third-order valence-corrected chi connectivity index (χ3v) is 4.71. The molecule has 2 aromatic heterocycles. The quantitative estimate of drug-likeness (QED) is 0.615. The molecule has 0 fully saturated rings. The number of esters is 1. The number of aromatic nitrogens is 2. The van der Waals surface area contributed by atoms with Gasteiger partial charge in [0, 0.05) is 6.54 Å². The van der Waals surface area contributed by atoms with E-state index < -0.39 is 5.97 Å². The first-order valence-corrected chi connectivity index (χ1v) is 8.25. The fraction of sp³-hybridized carbons (Fsp3) is 0.462. The lowest BCUT2D eigenvalue weighted by Gasteiger charge is -2.04. The number of hydrogen-bond acceptors (Lipinski definition) is 8. The second kappa shape index (κ2) is 7.46. The predicted octanol–water partition coefficient (Wildman–Crippen LogP) is 3.59. The van der Waals surface area contributed by atoms with Gasteiger partial charge in [0.2, 0.25) is 10.9 Å². The minimum Gasteiger partial charge on any atom is -0.463 e. The summed E-state index contributed by atoms with van der Waals surface area (Å²) in [7, 11) is 1.33. The molecule has 0 saturated carbocycles. The van der Waals surface area contributed by atoms with Crippen LogP contribution in [0.2, 0.25) is 0 Å². The van der Waals surface area contributed by atoms with Crippen molar-refractivity contribution in [3.05, 3.63) is 23.7 Å². The van der Waals surface area contributed by atoms with E-state index in [1.54, 1.807) is 23.9 Å². The summed E-state index contributed by atoms with van der Waals surface area (Å²) < 4.78 is 11.0. The van der Waals surface area contributed by atoms with Crippen molar-refractivity contribution in [3.8, 4) is 0 Å². The van der Waals surface area contributed by atoms with Crippen molar-refractivity contribution in [2.24, 2.45) is 0 Å². The SMILES string of the molecule is CCCNc1nnc(SC(C)c2ccc(C(=O)OC)o2)s1. The molecule has 2 aromatic rings. The zero-order chi connectivity index (χ0) is 15.2. The highest BCUT2D eigenvalue weighted by Gasteiger charge is 2.18. The predicted molar refractivity (Wildman–Crippen MR) is 83.0 cm³/mol. The molecule has 0 radical (unpaired) electrons. The lowest BCUT2D eigenvalue weighted by Crippen LogP contribution is -1.98. The molecule has 6 nitrogen and oxygen atoms in total. The van der Waals surface area contributed by atoms with Crippen molar-refractivity contribution in [2.75, 3.05) is 19.0 Å². The Balaban J connectivity index is 1.97. The molecule has 0 aliphatic heterocycles. The minimum atomic E-state index is -0.472. The second-order valence-electron chi connectivity index (χ2n) is 4.25. The van der Waals surface area contributed by atoms with Crippen LogP contribution in [0.5, 0.6) is 0 Å². The van der Waals surface area contributed by atoms with Gasteiger partial charge in [0.25, 0.3) is 0 Å². The Labute approximate surface area is 131 Å². The number of rotatable bonds is 7. The van der Waals surface area contributed by atoms with E-state index in [9.17, 15) is 4.79 Å². The van der Waals surface area contributed by atoms with Crippen molar-refractivity contribution in [3.63, 3.8) is 0 Å². The van der Waals surface area contributed by atoms with Crippen LogP contribution in [0.3, 0.4) is 0 Å². The highest BCUT2D eigenvalue weighted by molar-refractivity contribution is 8.01. The summed E-state index contributed by atoms with van der Waals surface area (Å²) in [6.07, 6.45) is 1.04. The normalized spacial score (nSPS) is 12.1. The number of furan rings is 1. The number of methoxy groups -OCH3 is 1. The molecule has 0 bridgehead atoms. The first-order valence-electron chi connectivity index (χ1n) is 6.56. The maximum absolute atomic E-state index is 11.4. The van der Waals surface area contributed by atoms with Crippen LogP contribution in [0, 0.1) is 0 Å². The molecule has 114 valence electrons. The van der Waals surface area contributed by atoms with Crippen molar-refractivity contribution in [1.29, 1.82) is 0 Å². The molecule has 21 heavy (non-hydrogen) atoms. The molecule has 0 aliphatic carbocycles. The average Bonchev–Trinajstić information content (AvgIpc) is 3.13. The fourth-order valence-corrected chi connectivity index (χ4v) is 3.55. The van der Waals surface area contributed by atoms with Crippen LogP contribution in [0.1, 0.15) is 41.8 Å². The van der Waals surface area contributed by atoms with E-state index in [2.05, 4.69) is 27.2 Å². The van der Waals surface area contributed by atoms with Gasteiger partial charge in [-0.3, -0.25) is 0 Å². The van der Waals surface area contributed by atoms with Crippen molar-refractivity contribution < 1.29 is 13.9 Å². The summed E-state index contributed by atoms with van der Waals surface area (Å²) in [6.45, 7) is 4.97. The Kier molecular flexibility index (Phi) is 5.63. The zero-order valence-corrected chi connectivity index (χ0v) is 13.7. The van der Waals surface area contributed by atoms with E-state index >= 15 is 0 Å². The van der Waals surface area contributed by atoms with Gasteiger partial charge in [-0.15, -0.1) is 10.2 Å². The first-order chi connectivity index (χ1) is 10.1. The van der Waals surface area contributed by atoms with E-state index in [0.717, 1.165) is 22.4 Å². The van der Waals surface area contributed by atoms with Gasteiger partial charge in [-0.1, -0.05) is 30.0 Å². The van der Waals surface area contributed by atoms with Gasteiger partial charge in [0.05, 0.1) is 12.4 Å². The largest absolute Gasteiger partial charge is 0.463 e. The molecule has 1 unspecified atom stereocenters. The Morgan fingerprint density at radius 1 is 1.52 bits per heavy atom. The molecule has 0 aliphatic rings. The van der Waals surface area contributed by atoms with Crippen molar-refractivity contribution in [2.45, 2.75) is 29.9 Å². The van der Waals surface area contributed by atoms with Gasteiger partial charge in [-0.05, 0) is 25.5 Å². The molecule has 2 rings (SSSR count). The molecule has 1 N–H and O–H groups in total. The molecule has 0 saturated heterocycles. The van der Waals surface area contributed by atoms with Gasteiger partial charge < -0.3 is 14.5 Å². The number of anilines is 1. The number of carbonyl (C=O) groups is 1. The molecule has 2 heterocycles. The van der Waals surface area contributed by atoms with Crippen LogP contribution >= 0.6 is 23.1 Å². The molecular weight excluding hydrogens is 310 g/mol. The number of thioether (sulfide) groups is 1. The highest BCUT2D eigenvalue weighted by atomic mass is 32.2. The molecule has 8 heteroatoms. The van der Waals surface area contributed by atoms with Crippen LogP contribution in [0.15, 0.2) is 20.9 Å². The monoisotopic (exact) mass is 327 g/mol. The Morgan fingerprint density at radius 3 is 3.05 bits per heavy atom. The van der Waals surface area contributed by atoms with E-state index in [-0.39, 0.29) is 11.0 Å². The number of nitrogens with one attached hydrogen (secondary N) is 1. The second-order valence-corrected chi connectivity index (χ2v) is 6.82. The van der Waals surface area contributed by atoms with Gasteiger partial charge in [0.1, 0.15) is 5.76 Å². The van der Waals surface area contributed by atoms with E-state index in [0.29, 0.717) is 5.76 Å². The van der Waals surface area contributed by atoms with Crippen LogP contribution in [-0.4, -0.2) is 29.8 Å². The summed E-state index contributed by atoms with van der Waals surface area (Å²) in [5.74, 6) is 0.446. The van der Waals surface area contributed by atoms with Gasteiger partial charge >= 0.3 is 5.97 Å². The maximum atomic E-state index is 11.4. The van der Waals surface area contributed by atoms with Crippen molar-refractivity contribution >= 4 is 34.2 Å². The molecular formula is C13H17N3O3S2. The lowest BCUT2D eigenvalue weighted by atomic mass is 10.3. The van der Waals surface area contributed by atoms with Crippen LogP contribution < -0.4 is 5.32 Å². The molecule has 1 atom stereocenters. The number of nitrogens with zero attached hydrogens (tertiary/aromatic N) is 2. The fourth-order valence-electron chi connectivity index (χ4n) is 1.55. The Morgan fingerprint density at radius 2 is 2.33 bits per heavy atom. The zero-order valence-electron chi connectivity index (χ0n) is 12.1. The van der Waals surface area contributed by atoms with E-state index in [1.165, 1.54) is 18.4 Å². The lowest BCUT2D eigenvalue weighted by molar-refractivity contribution is 0.0563. The Hall–Kier alpha value is -1.54. The van der Waals surface area contributed by atoms with Crippen molar-refractivity contribution in [1.82, 2.24) is 10.2 Å². The topological polar surface area (TPSA) is 77.2 Å². The standard InChI is InChI=1S/C13H17N3O3S2/c1-4-7-14-12-15-16-13(21-12)20-8(2)9-5-6-10(19-9)11(17)18-3/h5-6,8H,4,7H2,1-3H3,(H,14,15). The molecule has 0 amide bonds. The number of carbonyl (C=O) groups excluding carboxylic acids is 1. The summed E-state index contributed by atoms with van der Waals surface area (Å²) in [5.41, 5.74) is 0. The van der Waals surface area contributed by atoms with E-state index in [4.69, 9.17) is 4.42 Å². The first kappa shape index (κ1) is 15.8. The molecule has 0 aromatic carbocycles. The maximum Gasteiger partial charge on any atom is 0.373 e. The summed E-state index contributed by atoms with van der Waals surface area (Å²) in [6, 6.07) is 3.40. The number of ether oxygens (including phenoxy) is 1. The van der Waals surface area contributed by atoms with Crippen LogP contribution in [-0.2, 0) is 4.74 Å². The average molecular weight is 327 g/mol. The third-order valence-electron chi connectivity index (χ3n) is 2.62. The highest BCUT2D eigenvalue weighted by Crippen LogP contribution is 2.37. The summed E-state index contributed by atoms with van der Waals surface area (Å²) >= 11 is 3.05. The Bertz CT molecular complexity index is 597. The molecule has 0 spiro atoms.